The number of nitrogens with zero attached hydrogens (tertiary/aromatic N) is 1. The molecule has 0 aliphatic heterocycles. The van der Waals surface area contributed by atoms with Gasteiger partial charge in [0, 0.05) is 30.5 Å². The number of hydrogen-bond acceptors (Lipinski definition) is 3. The molecule has 3 nitrogen and oxygen atoms in total. The predicted octanol–water partition coefficient (Wildman–Crippen LogP) is 0.680. The van der Waals surface area contributed by atoms with Gasteiger partial charge in [-0.05, 0) is 18.6 Å². The van der Waals surface area contributed by atoms with Crippen LogP contribution in [0, 0.1) is 0 Å². The van der Waals surface area contributed by atoms with Crippen molar-refractivity contribution >= 4 is 0 Å². The van der Waals surface area contributed by atoms with E-state index >= 15 is 0 Å². The van der Waals surface area contributed by atoms with E-state index in [1.165, 1.54) is 0 Å². The van der Waals surface area contributed by atoms with Crippen LogP contribution in [0.1, 0.15) is 19.0 Å². The molecule has 0 aliphatic carbocycles. The Balaban J connectivity index is 2.89. The normalized spacial score (nSPS) is 15.3. The summed E-state index contributed by atoms with van der Waals surface area (Å²) >= 11 is 0. The molecule has 1 aromatic heterocycles. The van der Waals surface area contributed by atoms with Gasteiger partial charge in [-0.3, -0.25) is 4.98 Å². The minimum atomic E-state index is -0.198. The lowest BCUT2D eigenvalue weighted by Gasteiger charge is -2.26. The quantitative estimate of drug-likeness (QED) is 0.716. The van der Waals surface area contributed by atoms with Crippen LogP contribution in [-0.2, 0) is 5.41 Å². The highest BCUT2D eigenvalue weighted by molar-refractivity contribution is 5.16. The van der Waals surface area contributed by atoms with E-state index in [4.69, 9.17) is 10.8 Å². The summed E-state index contributed by atoms with van der Waals surface area (Å²) in [7, 11) is 0. The van der Waals surface area contributed by atoms with Crippen LogP contribution in [0.25, 0.3) is 0 Å². The summed E-state index contributed by atoms with van der Waals surface area (Å²) in [5, 5.41) is 8.91. The van der Waals surface area contributed by atoms with E-state index in [2.05, 4.69) is 4.98 Å². The van der Waals surface area contributed by atoms with Gasteiger partial charge in [0.1, 0.15) is 0 Å². The molecule has 1 heterocycles. The second-order valence-corrected chi connectivity index (χ2v) is 3.45. The molecule has 0 spiro atoms. The van der Waals surface area contributed by atoms with Crippen molar-refractivity contribution in [2.75, 3.05) is 13.2 Å². The Labute approximate surface area is 78.6 Å². The number of hydrogen-bond donors (Lipinski definition) is 2. The summed E-state index contributed by atoms with van der Waals surface area (Å²) in [6, 6.07) is 5.76. The number of aliphatic hydroxyl groups excluding tert-OH is 1. The SMILES string of the molecule is CC(CN)(CCO)c1ccccn1. The van der Waals surface area contributed by atoms with Gasteiger partial charge in [0.25, 0.3) is 0 Å². The molecule has 1 atom stereocenters. The Morgan fingerprint density at radius 2 is 2.31 bits per heavy atom. The first kappa shape index (κ1) is 10.2. The molecule has 0 amide bonds. The molecule has 0 saturated heterocycles. The maximum Gasteiger partial charge on any atom is 0.0476 e. The van der Waals surface area contributed by atoms with Crippen LogP contribution >= 0.6 is 0 Å². The average Bonchev–Trinajstić information content (AvgIpc) is 2.19. The molecule has 0 saturated carbocycles. The molecule has 3 N–H and O–H groups in total. The predicted molar refractivity (Wildman–Crippen MR) is 52.3 cm³/mol. The monoisotopic (exact) mass is 180 g/mol. The van der Waals surface area contributed by atoms with Crippen molar-refractivity contribution < 1.29 is 5.11 Å². The maximum absolute atomic E-state index is 8.91. The fourth-order valence-corrected chi connectivity index (χ4v) is 1.30. The summed E-state index contributed by atoms with van der Waals surface area (Å²) in [5.41, 5.74) is 6.43. The Morgan fingerprint density at radius 3 is 2.77 bits per heavy atom. The van der Waals surface area contributed by atoms with Crippen LogP contribution < -0.4 is 5.73 Å². The van der Waals surface area contributed by atoms with Gasteiger partial charge >= 0.3 is 0 Å². The van der Waals surface area contributed by atoms with Crippen molar-refractivity contribution in [1.29, 1.82) is 0 Å². The van der Waals surface area contributed by atoms with Crippen LogP contribution in [0.2, 0.25) is 0 Å². The van der Waals surface area contributed by atoms with Crippen LogP contribution in [-0.4, -0.2) is 23.2 Å². The molecule has 1 aromatic rings. The van der Waals surface area contributed by atoms with Gasteiger partial charge in [-0.1, -0.05) is 13.0 Å². The molecular formula is C10H16N2O. The number of nitrogens with two attached hydrogens (primary N) is 1. The van der Waals surface area contributed by atoms with Crippen LogP contribution in [0.15, 0.2) is 24.4 Å². The second-order valence-electron chi connectivity index (χ2n) is 3.45. The third-order valence-electron chi connectivity index (χ3n) is 2.40. The fraction of sp³-hybridized carbons (Fsp3) is 0.500. The van der Waals surface area contributed by atoms with E-state index < -0.39 is 0 Å². The first-order chi connectivity index (χ1) is 6.23. The molecule has 72 valence electrons. The first-order valence-electron chi connectivity index (χ1n) is 4.45. The van der Waals surface area contributed by atoms with E-state index in [0.29, 0.717) is 13.0 Å². The van der Waals surface area contributed by atoms with Gasteiger partial charge < -0.3 is 10.8 Å². The molecule has 0 fully saturated rings. The molecule has 1 unspecified atom stereocenters. The van der Waals surface area contributed by atoms with E-state index in [0.717, 1.165) is 5.69 Å². The van der Waals surface area contributed by atoms with Gasteiger partial charge in [0.05, 0.1) is 0 Å². The topological polar surface area (TPSA) is 59.1 Å². The van der Waals surface area contributed by atoms with E-state index in [1.54, 1.807) is 6.20 Å². The van der Waals surface area contributed by atoms with E-state index in [9.17, 15) is 0 Å². The standard InChI is InChI=1S/C10H16N2O/c1-10(8-11,5-7-13)9-4-2-3-6-12-9/h2-4,6,13H,5,7-8,11H2,1H3. The summed E-state index contributed by atoms with van der Waals surface area (Å²) in [5.74, 6) is 0. The Hall–Kier alpha value is -0.930. The van der Waals surface area contributed by atoms with Crippen molar-refractivity contribution in [1.82, 2.24) is 4.98 Å². The van der Waals surface area contributed by atoms with Crippen molar-refractivity contribution in [3.63, 3.8) is 0 Å². The van der Waals surface area contributed by atoms with Crippen LogP contribution in [0.5, 0.6) is 0 Å². The molecule has 0 aromatic carbocycles. The van der Waals surface area contributed by atoms with Crippen molar-refractivity contribution in [3.05, 3.63) is 30.1 Å². The van der Waals surface area contributed by atoms with Crippen molar-refractivity contribution in [2.24, 2.45) is 5.73 Å². The fourth-order valence-electron chi connectivity index (χ4n) is 1.30. The highest BCUT2D eigenvalue weighted by Gasteiger charge is 2.25. The number of rotatable bonds is 4. The van der Waals surface area contributed by atoms with Crippen molar-refractivity contribution in [2.45, 2.75) is 18.8 Å². The van der Waals surface area contributed by atoms with Crippen LogP contribution in [0.3, 0.4) is 0 Å². The number of aromatic nitrogens is 1. The minimum Gasteiger partial charge on any atom is -0.396 e. The zero-order valence-electron chi connectivity index (χ0n) is 7.90. The van der Waals surface area contributed by atoms with Gasteiger partial charge in [-0.2, -0.15) is 0 Å². The van der Waals surface area contributed by atoms with Gasteiger partial charge in [-0.25, -0.2) is 0 Å². The zero-order valence-corrected chi connectivity index (χ0v) is 7.90. The van der Waals surface area contributed by atoms with Gasteiger partial charge in [0.15, 0.2) is 0 Å². The molecular weight excluding hydrogens is 164 g/mol. The van der Waals surface area contributed by atoms with Gasteiger partial charge in [-0.15, -0.1) is 0 Å². The largest absolute Gasteiger partial charge is 0.396 e. The highest BCUT2D eigenvalue weighted by atomic mass is 16.3. The lowest BCUT2D eigenvalue weighted by molar-refractivity contribution is 0.245. The van der Waals surface area contributed by atoms with Crippen LogP contribution in [0.4, 0.5) is 0 Å². The smallest absolute Gasteiger partial charge is 0.0476 e. The van der Waals surface area contributed by atoms with E-state index in [-0.39, 0.29) is 12.0 Å². The Bertz CT molecular complexity index is 250. The summed E-state index contributed by atoms with van der Waals surface area (Å²) < 4.78 is 0. The molecule has 0 radical (unpaired) electrons. The molecule has 1 rings (SSSR count). The highest BCUT2D eigenvalue weighted by Crippen LogP contribution is 2.23. The zero-order chi connectivity index (χ0) is 9.73. The molecule has 0 aliphatic rings. The number of pyridine rings is 1. The maximum atomic E-state index is 8.91. The Morgan fingerprint density at radius 1 is 1.54 bits per heavy atom. The summed E-state index contributed by atoms with van der Waals surface area (Å²) in [4.78, 5) is 4.25. The Kier molecular flexibility index (Phi) is 3.39. The van der Waals surface area contributed by atoms with E-state index in [1.807, 2.05) is 25.1 Å². The molecule has 0 bridgehead atoms. The molecule has 13 heavy (non-hydrogen) atoms. The summed E-state index contributed by atoms with van der Waals surface area (Å²) in [6.45, 7) is 2.67. The third-order valence-corrected chi connectivity index (χ3v) is 2.40. The summed E-state index contributed by atoms with van der Waals surface area (Å²) in [6.07, 6.45) is 2.40. The lowest BCUT2D eigenvalue weighted by atomic mass is 9.83. The number of aliphatic hydroxyl groups is 1. The third kappa shape index (κ3) is 2.26. The lowest BCUT2D eigenvalue weighted by Crippen LogP contribution is -2.33. The second kappa shape index (κ2) is 4.35. The first-order valence-corrected chi connectivity index (χ1v) is 4.45. The van der Waals surface area contributed by atoms with Gasteiger partial charge in [0.2, 0.25) is 0 Å². The minimum absolute atomic E-state index is 0.143. The average molecular weight is 180 g/mol. The van der Waals surface area contributed by atoms with Crippen molar-refractivity contribution in [3.8, 4) is 0 Å². The molecule has 3 heteroatoms.